The van der Waals surface area contributed by atoms with Gasteiger partial charge in [-0.25, -0.2) is 9.97 Å². The van der Waals surface area contributed by atoms with E-state index in [1.165, 1.54) is 11.8 Å². The Balaban J connectivity index is 1.86. The molecule has 0 unspecified atom stereocenters. The topological polar surface area (TPSA) is 58.1 Å². The highest BCUT2D eigenvalue weighted by Crippen LogP contribution is 2.18. The third kappa shape index (κ3) is 4.73. The minimum atomic E-state index is -0.0620. The number of hydrogen-bond donors (Lipinski definition) is 1. The summed E-state index contributed by atoms with van der Waals surface area (Å²) in [5.41, 5.74) is 1.96. The van der Waals surface area contributed by atoms with E-state index in [4.69, 9.17) is 0 Å². The van der Waals surface area contributed by atoms with Gasteiger partial charge in [0.25, 0.3) is 0 Å². The van der Waals surface area contributed by atoms with Gasteiger partial charge >= 0.3 is 0 Å². The first-order valence-electron chi connectivity index (χ1n) is 7.27. The van der Waals surface area contributed by atoms with Gasteiger partial charge in [0.1, 0.15) is 0 Å². The molecule has 1 amide bonds. The highest BCUT2D eigenvalue weighted by Gasteiger charge is 2.06. The van der Waals surface area contributed by atoms with Crippen LogP contribution in [0.3, 0.4) is 0 Å². The highest BCUT2D eigenvalue weighted by atomic mass is 32.2. The summed E-state index contributed by atoms with van der Waals surface area (Å²) in [4.78, 5) is 22.3. The van der Waals surface area contributed by atoms with Gasteiger partial charge in [0, 0.05) is 36.9 Å². The fraction of sp³-hybridized carbons (Fsp3) is 0.312. The monoisotopic (exact) mass is 316 g/mol. The van der Waals surface area contributed by atoms with Crippen molar-refractivity contribution >= 4 is 29.0 Å². The molecule has 1 aromatic heterocycles. The molecule has 22 heavy (non-hydrogen) atoms. The molecular weight excluding hydrogens is 296 g/mol. The predicted molar refractivity (Wildman–Crippen MR) is 91.4 cm³/mol. The van der Waals surface area contributed by atoms with Crippen LogP contribution in [0.15, 0.2) is 47.9 Å². The quantitative estimate of drug-likeness (QED) is 0.628. The van der Waals surface area contributed by atoms with Crippen LogP contribution < -0.4 is 10.2 Å². The average molecular weight is 316 g/mol. The van der Waals surface area contributed by atoms with E-state index in [2.05, 4.69) is 34.0 Å². The molecule has 1 heterocycles. The lowest BCUT2D eigenvalue weighted by molar-refractivity contribution is -0.113. The first-order valence-corrected chi connectivity index (χ1v) is 8.26. The first-order chi connectivity index (χ1) is 10.7. The van der Waals surface area contributed by atoms with Gasteiger partial charge in [0.2, 0.25) is 5.91 Å². The van der Waals surface area contributed by atoms with Crippen LogP contribution in [-0.2, 0) is 4.79 Å². The number of benzene rings is 1. The van der Waals surface area contributed by atoms with E-state index < -0.39 is 0 Å². The van der Waals surface area contributed by atoms with Gasteiger partial charge < -0.3 is 10.2 Å². The number of hydrogen-bond acceptors (Lipinski definition) is 5. The summed E-state index contributed by atoms with van der Waals surface area (Å²) in [6, 6.07) is 9.65. The molecule has 2 rings (SSSR count). The molecule has 5 nitrogen and oxygen atoms in total. The third-order valence-electron chi connectivity index (χ3n) is 3.15. The van der Waals surface area contributed by atoms with E-state index in [0.29, 0.717) is 10.9 Å². The molecule has 0 aliphatic rings. The summed E-state index contributed by atoms with van der Waals surface area (Å²) < 4.78 is 0. The minimum absolute atomic E-state index is 0.0620. The van der Waals surface area contributed by atoms with E-state index in [-0.39, 0.29) is 5.91 Å². The van der Waals surface area contributed by atoms with Crippen LogP contribution in [0.1, 0.15) is 13.8 Å². The number of rotatable bonds is 7. The largest absolute Gasteiger partial charge is 0.372 e. The number of nitrogens with zero attached hydrogens (tertiary/aromatic N) is 3. The Kier molecular flexibility index (Phi) is 6.21. The van der Waals surface area contributed by atoms with Crippen molar-refractivity contribution in [1.82, 2.24) is 9.97 Å². The fourth-order valence-electron chi connectivity index (χ4n) is 2.03. The average Bonchev–Trinajstić information content (AvgIpc) is 2.56. The molecule has 0 saturated heterocycles. The molecule has 1 aromatic carbocycles. The van der Waals surface area contributed by atoms with Crippen molar-refractivity contribution in [2.75, 3.05) is 29.1 Å². The SMILES string of the molecule is CCN(CC)c1ccc(NC(=O)CSc2ncccn2)cc1. The molecule has 0 aliphatic heterocycles. The number of thioether (sulfide) groups is 1. The van der Waals surface area contributed by atoms with Crippen LogP contribution in [0, 0.1) is 0 Å². The van der Waals surface area contributed by atoms with Crippen LogP contribution in [0.5, 0.6) is 0 Å². The van der Waals surface area contributed by atoms with E-state index in [0.717, 1.165) is 24.5 Å². The van der Waals surface area contributed by atoms with Gasteiger partial charge in [-0.3, -0.25) is 4.79 Å². The minimum Gasteiger partial charge on any atom is -0.372 e. The molecule has 0 saturated carbocycles. The maximum Gasteiger partial charge on any atom is 0.234 e. The predicted octanol–water partition coefficient (Wildman–Crippen LogP) is 3.05. The summed E-state index contributed by atoms with van der Waals surface area (Å²) in [7, 11) is 0. The maximum absolute atomic E-state index is 11.9. The summed E-state index contributed by atoms with van der Waals surface area (Å²) in [6.07, 6.45) is 3.33. The molecule has 1 N–H and O–H groups in total. The van der Waals surface area contributed by atoms with Crippen LogP contribution in [0.4, 0.5) is 11.4 Å². The number of carbonyl (C=O) groups excluding carboxylic acids is 1. The molecule has 2 aromatic rings. The van der Waals surface area contributed by atoms with Crippen molar-refractivity contribution in [3.05, 3.63) is 42.7 Å². The number of carbonyl (C=O) groups is 1. The van der Waals surface area contributed by atoms with Crippen molar-refractivity contribution in [2.24, 2.45) is 0 Å². The maximum atomic E-state index is 11.9. The van der Waals surface area contributed by atoms with E-state index in [1.54, 1.807) is 18.5 Å². The van der Waals surface area contributed by atoms with Crippen LogP contribution in [0.25, 0.3) is 0 Å². The summed E-state index contributed by atoms with van der Waals surface area (Å²) >= 11 is 1.32. The zero-order chi connectivity index (χ0) is 15.8. The smallest absolute Gasteiger partial charge is 0.234 e. The van der Waals surface area contributed by atoms with Crippen molar-refractivity contribution in [1.29, 1.82) is 0 Å². The molecule has 0 atom stereocenters. The molecular formula is C16H20N4OS. The van der Waals surface area contributed by atoms with Gasteiger partial charge in [-0.2, -0.15) is 0 Å². The van der Waals surface area contributed by atoms with Crippen LogP contribution >= 0.6 is 11.8 Å². The van der Waals surface area contributed by atoms with Crippen molar-refractivity contribution < 1.29 is 4.79 Å². The van der Waals surface area contributed by atoms with Gasteiger partial charge in [0.15, 0.2) is 5.16 Å². The highest BCUT2D eigenvalue weighted by molar-refractivity contribution is 7.99. The fourth-order valence-corrected chi connectivity index (χ4v) is 2.63. The lowest BCUT2D eigenvalue weighted by atomic mass is 10.2. The molecule has 0 radical (unpaired) electrons. The van der Waals surface area contributed by atoms with Gasteiger partial charge in [-0.1, -0.05) is 11.8 Å². The Labute approximate surface area is 135 Å². The number of amides is 1. The van der Waals surface area contributed by atoms with E-state index in [9.17, 15) is 4.79 Å². The van der Waals surface area contributed by atoms with Gasteiger partial charge in [-0.15, -0.1) is 0 Å². The van der Waals surface area contributed by atoms with Crippen molar-refractivity contribution in [3.63, 3.8) is 0 Å². The van der Waals surface area contributed by atoms with Gasteiger partial charge in [0.05, 0.1) is 5.75 Å². The Hall–Kier alpha value is -2.08. The first kappa shape index (κ1) is 16.3. The third-order valence-corrected chi connectivity index (χ3v) is 4.03. The molecule has 0 bridgehead atoms. The Bertz CT molecular complexity index is 585. The summed E-state index contributed by atoms with van der Waals surface area (Å²) in [5, 5.41) is 3.49. The number of anilines is 2. The van der Waals surface area contributed by atoms with Crippen LogP contribution in [0.2, 0.25) is 0 Å². The molecule has 0 fully saturated rings. The Morgan fingerprint density at radius 3 is 2.36 bits per heavy atom. The summed E-state index contributed by atoms with van der Waals surface area (Å²) in [6.45, 7) is 6.19. The van der Waals surface area contributed by atoms with E-state index >= 15 is 0 Å². The zero-order valence-electron chi connectivity index (χ0n) is 12.8. The van der Waals surface area contributed by atoms with Crippen molar-refractivity contribution in [2.45, 2.75) is 19.0 Å². The standard InChI is InChI=1S/C16H20N4OS/c1-3-20(4-2)14-8-6-13(7-9-14)19-15(21)12-22-16-17-10-5-11-18-16/h5-11H,3-4,12H2,1-2H3,(H,19,21). The zero-order valence-corrected chi connectivity index (χ0v) is 13.6. The molecule has 6 heteroatoms. The number of aromatic nitrogens is 2. The second kappa shape index (κ2) is 8.38. The van der Waals surface area contributed by atoms with E-state index in [1.807, 2.05) is 24.3 Å². The lowest BCUT2D eigenvalue weighted by Crippen LogP contribution is -2.21. The van der Waals surface area contributed by atoms with Crippen LogP contribution in [-0.4, -0.2) is 34.7 Å². The summed E-state index contributed by atoms with van der Waals surface area (Å²) in [5.74, 6) is 0.231. The molecule has 0 aliphatic carbocycles. The van der Waals surface area contributed by atoms with Gasteiger partial charge in [-0.05, 0) is 44.2 Å². The molecule has 116 valence electrons. The van der Waals surface area contributed by atoms with Crippen molar-refractivity contribution in [3.8, 4) is 0 Å². The lowest BCUT2D eigenvalue weighted by Gasteiger charge is -2.21. The normalized spacial score (nSPS) is 10.3. The number of nitrogens with one attached hydrogen (secondary N) is 1. The Morgan fingerprint density at radius 1 is 1.14 bits per heavy atom. The molecule has 0 spiro atoms. The second-order valence-electron chi connectivity index (χ2n) is 4.59. The Morgan fingerprint density at radius 2 is 1.77 bits per heavy atom. The second-order valence-corrected chi connectivity index (χ2v) is 5.53.